The molecule has 0 spiro atoms. The van der Waals surface area contributed by atoms with E-state index < -0.39 is 0 Å². The van der Waals surface area contributed by atoms with E-state index in [2.05, 4.69) is 33.3 Å². The minimum atomic E-state index is 0.718. The Bertz CT molecular complexity index is 453. The summed E-state index contributed by atoms with van der Waals surface area (Å²) in [5.41, 5.74) is 8.78. The summed E-state index contributed by atoms with van der Waals surface area (Å²) >= 11 is 5.23. The van der Waals surface area contributed by atoms with Crippen molar-refractivity contribution in [2.45, 2.75) is 6.92 Å². The van der Waals surface area contributed by atoms with Crippen LogP contribution in [-0.2, 0) is 7.05 Å². The molecule has 0 unspecified atom stereocenters. The van der Waals surface area contributed by atoms with Crippen LogP contribution in [0.15, 0.2) is 16.0 Å². The lowest BCUT2D eigenvalue weighted by molar-refractivity contribution is 0.777. The van der Waals surface area contributed by atoms with E-state index in [1.54, 1.807) is 22.2 Å². The molecule has 0 aliphatic heterocycles. The normalized spacial score (nSPS) is 10.8. The van der Waals surface area contributed by atoms with Gasteiger partial charge in [-0.3, -0.25) is 4.68 Å². The first kappa shape index (κ1) is 9.73. The van der Waals surface area contributed by atoms with Crippen molar-refractivity contribution in [3.05, 3.63) is 21.6 Å². The van der Waals surface area contributed by atoms with Gasteiger partial charge in [0.2, 0.25) is 0 Å². The van der Waals surface area contributed by atoms with Crippen molar-refractivity contribution in [3.8, 4) is 10.6 Å². The van der Waals surface area contributed by atoms with Crippen molar-refractivity contribution in [1.82, 2.24) is 9.78 Å². The predicted octanol–water partition coefficient (Wildman–Crippen LogP) is 2.80. The first-order valence-electron chi connectivity index (χ1n) is 4.12. The largest absolute Gasteiger partial charge is 0.396 e. The molecule has 0 amide bonds. The molecule has 0 atom stereocenters. The molecule has 2 aromatic rings. The van der Waals surface area contributed by atoms with Crippen LogP contribution in [0, 0.1) is 6.92 Å². The highest BCUT2D eigenvalue weighted by molar-refractivity contribution is 9.10. The molecule has 0 saturated carbocycles. The molecular weight excluding hydrogens is 262 g/mol. The number of nitrogens with two attached hydrogens (primary N) is 1. The fraction of sp³-hybridized carbons (Fsp3) is 0.222. The average Bonchev–Trinajstić information content (AvgIpc) is 2.62. The van der Waals surface area contributed by atoms with Gasteiger partial charge in [-0.15, -0.1) is 11.3 Å². The Kier molecular flexibility index (Phi) is 2.36. The summed E-state index contributed by atoms with van der Waals surface area (Å²) in [5, 5.41) is 6.22. The molecule has 14 heavy (non-hydrogen) atoms. The van der Waals surface area contributed by atoms with Crippen LogP contribution in [0.3, 0.4) is 0 Å². The minimum Gasteiger partial charge on any atom is -0.396 e. The van der Waals surface area contributed by atoms with E-state index >= 15 is 0 Å². The lowest BCUT2D eigenvalue weighted by Gasteiger charge is -2.01. The van der Waals surface area contributed by atoms with Gasteiger partial charge in [-0.2, -0.15) is 5.10 Å². The molecule has 0 saturated heterocycles. The molecular formula is C9H10BrN3S. The van der Waals surface area contributed by atoms with Gasteiger partial charge in [0, 0.05) is 11.5 Å². The lowest BCUT2D eigenvalue weighted by atomic mass is 10.2. The Labute approximate surface area is 94.7 Å². The van der Waals surface area contributed by atoms with Gasteiger partial charge in [0.25, 0.3) is 0 Å². The summed E-state index contributed by atoms with van der Waals surface area (Å²) in [4.78, 5) is 1.14. The molecule has 0 radical (unpaired) electrons. The Morgan fingerprint density at radius 2 is 2.29 bits per heavy atom. The number of hydrogen-bond donors (Lipinski definition) is 1. The molecule has 2 heterocycles. The maximum absolute atomic E-state index is 5.85. The number of aromatic nitrogens is 2. The smallest absolute Gasteiger partial charge is 0.102 e. The van der Waals surface area contributed by atoms with Crippen molar-refractivity contribution >= 4 is 33.0 Å². The van der Waals surface area contributed by atoms with Crippen LogP contribution < -0.4 is 5.73 Å². The van der Waals surface area contributed by atoms with Crippen molar-refractivity contribution in [3.63, 3.8) is 0 Å². The maximum atomic E-state index is 5.85. The molecule has 0 aliphatic carbocycles. The van der Waals surface area contributed by atoms with Crippen molar-refractivity contribution in [1.29, 1.82) is 0 Å². The fourth-order valence-corrected chi connectivity index (χ4v) is 3.09. The van der Waals surface area contributed by atoms with Gasteiger partial charge in [0.05, 0.1) is 16.8 Å². The fourth-order valence-electron chi connectivity index (χ4n) is 1.32. The van der Waals surface area contributed by atoms with Gasteiger partial charge in [-0.1, -0.05) is 0 Å². The van der Waals surface area contributed by atoms with Crippen LogP contribution in [0.5, 0.6) is 0 Å². The quantitative estimate of drug-likeness (QED) is 0.867. The van der Waals surface area contributed by atoms with Crippen LogP contribution in [-0.4, -0.2) is 9.78 Å². The van der Waals surface area contributed by atoms with Crippen LogP contribution in [0.1, 0.15) is 5.56 Å². The van der Waals surface area contributed by atoms with E-state index in [1.807, 2.05) is 7.05 Å². The minimum absolute atomic E-state index is 0.718. The number of thiophene rings is 1. The van der Waals surface area contributed by atoms with Gasteiger partial charge >= 0.3 is 0 Å². The number of hydrogen-bond acceptors (Lipinski definition) is 3. The van der Waals surface area contributed by atoms with Crippen LogP contribution in [0.25, 0.3) is 10.6 Å². The Morgan fingerprint density at radius 3 is 2.71 bits per heavy atom. The first-order chi connectivity index (χ1) is 6.61. The number of halogens is 1. The zero-order valence-corrected chi connectivity index (χ0v) is 10.3. The monoisotopic (exact) mass is 271 g/mol. The number of aryl methyl sites for hydroxylation is 2. The van der Waals surface area contributed by atoms with E-state index in [9.17, 15) is 0 Å². The Hall–Kier alpha value is -0.810. The summed E-state index contributed by atoms with van der Waals surface area (Å²) in [7, 11) is 1.90. The zero-order chi connectivity index (χ0) is 10.3. The standard InChI is InChI=1S/C9H10BrN3S/c1-5-4-14-9(7(5)10)8-6(11)3-12-13(8)2/h3-4H,11H2,1-2H3. The summed E-state index contributed by atoms with van der Waals surface area (Å²) in [5.74, 6) is 0. The SMILES string of the molecule is Cc1csc(-c2c(N)cnn2C)c1Br. The van der Waals surface area contributed by atoms with E-state index in [0.29, 0.717) is 0 Å². The highest BCUT2D eigenvalue weighted by Gasteiger charge is 2.14. The lowest BCUT2D eigenvalue weighted by Crippen LogP contribution is -1.94. The van der Waals surface area contributed by atoms with Crippen LogP contribution in [0.4, 0.5) is 5.69 Å². The van der Waals surface area contributed by atoms with Gasteiger partial charge < -0.3 is 5.73 Å². The second kappa shape index (κ2) is 3.40. The van der Waals surface area contributed by atoms with Gasteiger partial charge in [-0.25, -0.2) is 0 Å². The van der Waals surface area contributed by atoms with Crippen LogP contribution in [0.2, 0.25) is 0 Å². The number of rotatable bonds is 1. The van der Waals surface area contributed by atoms with Gasteiger partial charge in [0.1, 0.15) is 5.69 Å². The second-order valence-electron chi connectivity index (χ2n) is 3.13. The molecule has 74 valence electrons. The van der Waals surface area contributed by atoms with E-state index in [0.717, 1.165) is 20.7 Å². The summed E-state index contributed by atoms with van der Waals surface area (Å²) in [6, 6.07) is 0. The highest BCUT2D eigenvalue weighted by Crippen LogP contribution is 2.38. The molecule has 0 aliphatic rings. The molecule has 2 aromatic heterocycles. The number of nitrogens with zero attached hydrogens (tertiary/aromatic N) is 2. The topological polar surface area (TPSA) is 43.8 Å². The maximum Gasteiger partial charge on any atom is 0.102 e. The second-order valence-corrected chi connectivity index (χ2v) is 4.81. The third-order valence-electron chi connectivity index (χ3n) is 2.08. The van der Waals surface area contributed by atoms with E-state index in [1.165, 1.54) is 5.56 Å². The van der Waals surface area contributed by atoms with Crippen molar-refractivity contribution < 1.29 is 0 Å². The highest BCUT2D eigenvalue weighted by atomic mass is 79.9. The number of anilines is 1. The van der Waals surface area contributed by atoms with Crippen molar-refractivity contribution in [2.75, 3.05) is 5.73 Å². The van der Waals surface area contributed by atoms with Crippen molar-refractivity contribution in [2.24, 2.45) is 7.05 Å². The number of nitrogen functional groups attached to an aromatic ring is 1. The Morgan fingerprint density at radius 1 is 1.57 bits per heavy atom. The average molecular weight is 272 g/mol. The van der Waals surface area contributed by atoms with Crippen LogP contribution >= 0.6 is 27.3 Å². The molecule has 0 bridgehead atoms. The molecule has 0 aromatic carbocycles. The predicted molar refractivity (Wildman–Crippen MR) is 63.4 cm³/mol. The molecule has 2 N–H and O–H groups in total. The molecule has 0 fully saturated rings. The van der Waals surface area contributed by atoms with Gasteiger partial charge in [-0.05, 0) is 33.8 Å². The third-order valence-corrected chi connectivity index (χ3v) is 4.47. The molecule has 3 nitrogen and oxygen atoms in total. The summed E-state index contributed by atoms with van der Waals surface area (Å²) in [6.45, 7) is 2.07. The van der Waals surface area contributed by atoms with Gasteiger partial charge in [0.15, 0.2) is 0 Å². The summed E-state index contributed by atoms with van der Waals surface area (Å²) in [6.07, 6.45) is 1.68. The zero-order valence-electron chi connectivity index (χ0n) is 7.91. The Balaban J connectivity index is 2.65. The van der Waals surface area contributed by atoms with E-state index in [4.69, 9.17) is 5.73 Å². The third kappa shape index (κ3) is 1.36. The molecule has 2 rings (SSSR count). The first-order valence-corrected chi connectivity index (χ1v) is 5.80. The van der Waals surface area contributed by atoms with E-state index in [-0.39, 0.29) is 0 Å². The molecule has 5 heteroatoms. The summed E-state index contributed by atoms with van der Waals surface area (Å²) < 4.78 is 2.91.